The predicted octanol–water partition coefficient (Wildman–Crippen LogP) is 4.73. The van der Waals surface area contributed by atoms with Gasteiger partial charge in [-0.15, -0.1) is 11.6 Å². The third-order valence-electron chi connectivity index (χ3n) is 7.16. The lowest BCUT2D eigenvalue weighted by molar-refractivity contribution is -0.170. The van der Waals surface area contributed by atoms with Crippen LogP contribution in [0, 0.1) is 5.92 Å². The van der Waals surface area contributed by atoms with E-state index in [1.165, 1.54) is 11.1 Å². The minimum Gasteiger partial charge on any atom is -0.443 e. The molecule has 7 nitrogen and oxygen atoms in total. The third-order valence-corrected chi connectivity index (χ3v) is 9.72. The van der Waals surface area contributed by atoms with E-state index < -0.39 is 41.3 Å². The summed E-state index contributed by atoms with van der Waals surface area (Å²) >= 11 is 9.05. The molecular formula is C27H38BrClNO6S+. The number of allylic oxidation sites excluding steroid dienone is 1. The first-order valence-corrected chi connectivity index (χ1v) is 15.7. The summed E-state index contributed by atoms with van der Waals surface area (Å²) in [7, 11) is 1.42. The molecule has 206 valence electrons. The molecule has 3 rings (SSSR count). The molecule has 0 aromatic heterocycles. The monoisotopic (exact) mass is 618 g/mol. The average molecular weight is 620 g/mol. The smallest absolute Gasteiger partial charge is 0.414 e. The second-order valence-corrected chi connectivity index (χ2v) is 13.8. The number of epoxide rings is 1. The number of carbonyl (C=O) groups is 2. The maximum atomic E-state index is 12.4. The van der Waals surface area contributed by atoms with Crippen molar-refractivity contribution in [3.05, 3.63) is 46.0 Å². The first-order valence-electron chi connectivity index (χ1n) is 12.4. The Hall–Kier alpha value is -1.10. The van der Waals surface area contributed by atoms with Crippen LogP contribution in [0.4, 0.5) is 4.79 Å². The second kappa shape index (κ2) is 12.8. The molecule has 1 aliphatic heterocycles. The predicted molar refractivity (Wildman–Crippen MR) is 151 cm³/mol. The summed E-state index contributed by atoms with van der Waals surface area (Å²) in [5.41, 5.74) is 0.676. The number of rotatable bonds is 10. The van der Waals surface area contributed by atoms with Crippen molar-refractivity contribution in [3.63, 3.8) is 0 Å². The Morgan fingerprint density at radius 3 is 2.73 bits per heavy atom. The van der Waals surface area contributed by atoms with E-state index in [0.29, 0.717) is 18.6 Å². The number of benzene rings is 1. The highest BCUT2D eigenvalue weighted by Crippen LogP contribution is 2.55. The van der Waals surface area contributed by atoms with E-state index >= 15 is 0 Å². The summed E-state index contributed by atoms with van der Waals surface area (Å²) in [4.78, 5) is 23.9. The molecule has 2 amide bonds. The van der Waals surface area contributed by atoms with Crippen molar-refractivity contribution in [1.29, 1.82) is 0 Å². The lowest BCUT2D eigenvalue weighted by Gasteiger charge is -2.48. The number of hydrogen-bond acceptors (Lipinski definition) is 6. The first-order chi connectivity index (χ1) is 17.4. The molecular weight excluding hydrogens is 582 g/mol. The van der Waals surface area contributed by atoms with Crippen LogP contribution in [0.3, 0.4) is 0 Å². The number of aliphatic hydroxyl groups is 1. The Bertz CT molecular complexity index is 1010. The topological polar surface area (TPSA) is 97.4 Å². The highest BCUT2D eigenvalue weighted by molar-refractivity contribution is 9.10. The van der Waals surface area contributed by atoms with Crippen LogP contribution in [-0.4, -0.2) is 71.6 Å². The summed E-state index contributed by atoms with van der Waals surface area (Å²) in [5, 5.41) is 14.4. The van der Waals surface area contributed by atoms with Crippen LogP contribution in [0.2, 0.25) is 0 Å². The zero-order valence-electron chi connectivity index (χ0n) is 22.1. The van der Waals surface area contributed by atoms with Gasteiger partial charge in [-0.2, -0.15) is 0 Å². The fraction of sp³-hybridized carbons (Fsp3) is 0.630. The van der Waals surface area contributed by atoms with Crippen molar-refractivity contribution in [2.75, 3.05) is 25.0 Å². The second-order valence-electron chi connectivity index (χ2n) is 10.5. The molecule has 7 atom stereocenters. The Labute approximate surface area is 236 Å². The van der Waals surface area contributed by atoms with Crippen LogP contribution in [0.5, 0.6) is 0 Å². The molecule has 10 heteroatoms. The zero-order valence-corrected chi connectivity index (χ0v) is 25.2. The standard InChI is InChI=1S/C27H37BrClNO6S/c1-17(2)9-10-21-26(3,36-21)24-23(34-4)20(35-25(32)30-22(31)14-29)11-12-27(24,33)16-37(5)15-18-7-6-8-19(28)13-18/h6-9,13,20-21,23-24,33H,10-12,14-16H2,1-5H3/p+1/t20-,21-,23-,24+,26+,27+,37?/m1/s1. The van der Waals surface area contributed by atoms with Gasteiger partial charge in [0.2, 0.25) is 5.91 Å². The van der Waals surface area contributed by atoms with Gasteiger partial charge in [0.05, 0.1) is 18.3 Å². The summed E-state index contributed by atoms with van der Waals surface area (Å²) in [6.45, 7) is 6.10. The number of hydrogen-bond donors (Lipinski definition) is 2. The van der Waals surface area contributed by atoms with Gasteiger partial charge in [0, 0.05) is 17.1 Å². The van der Waals surface area contributed by atoms with Crippen LogP contribution < -0.4 is 5.32 Å². The Balaban J connectivity index is 1.85. The van der Waals surface area contributed by atoms with Crippen LogP contribution in [0.15, 0.2) is 40.4 Å². The van der Waals surface area contributed by atoms with Crippen LogP contribution in [0.1, 0.15) is 45.6 Å². The Morgan fingerprint density at radius 1 is 1.38 bits per heavy atom. The zero-order chi connectivity index (χ0) is 27.4. The number of imide groups is 1. The molecule has 2 N–H and O–H groups in total. The Morgan fingerprint density at radius 2 is 2.11 bits per heavy atom. The number of carbonyl (C=O) groups excluding carboxylic acids is 2. The number of ether oxygens (including phenoxy) is 3. The number of nitrogens with one attached hydrogen (secondary N) is 1. The molecule has 0 radical (unpaired) electrons. The number of halogens is 2. The van der Waals surface area contributed by atoms with Gasteiger partial charge in [-0.25, -0.2) is 4.79 Å². The maximum Gasteiger partial charge on any atom is 0.414 e. The highest BCUT2D eigenvalue weighted by atomic mass is 79.9. The van der Waals surface area contributed by atoms with E-state index in [0.717, 1.165) is 16.6 Å². The SMILES string of the molecule is CO[C@H]1[C@@H]([C@@]2(C)O[C@@H]2CC=C(C)C)[C@@](O)(C[S+](C)Cc2cccc(Br)c2)CC[C@H]1OC(=O)NC(=O)CCl. The molecule has 37 heavy (non-hydrogen) atoms. The molecule has 2 aliphatic rings. The normalized spacial score (nSPS) is 31.8. The van der Waals surface area contributed by atoms with E-state index in [1.54, 1.807) is 7.11 Å². The molecule has 0 bridgehead atoms. The van der Waals surface area contributed by atoms with Gasteiger partial charge in [-0.1, -0.05) is 39.7 Å². The van der Waals surface area contributed by atoms with E-state index in [1.807, 2.05) is 32.9 Å². The molecule has 1 aromatic rings. The first kappa shape index (κ1) is 30.4. The van der Waals surface area contributed by atoms with Crippen molar-refractivity contribution < 1.29 is 28.9 Å². The number of amides is 2. The highest BCUT2D eigenvalue weighted by Gasteiger charge is 2.68. The van der Waals surface area contributed by atoms with Crippen LogP contribution in [-0.2, 0) is 35.7 Å². The quantitative estimate of drug-likeness (QED) is 0.170. The molecule has 1 unspecified atom stereocenters. The molecule has 1 saturated carbocycles. The minimum atomic E-state index is -1.08. The van der Waals surface area contributed by atoms with Gasteiger partial charge in [0.15, 0.2) is 0 Å². The largest absolute Gasteiger partial charge is 0.443 e. The lowest BCUT2D eigenvalue weighted by Crippen LogP contribution is -2.63. The average Bonchev–Trinajstić information content (AvgIpc) is 3.48. The van der Waals surface area contributed by atoms with Gasteiger partial charge < -0.3 is 19.3 Å². The molecule has 2 fully saturated rings. The molecule has 0 spiro atoms. The number of alkyl carbamates (subject to hydrolysis) is 1. The molecule has 1 aliphatic carbocycles. The summed E-state index contributed by atoms with van der Waals surface area (Å²) < 4.78 is 18.8. The lowest BCUT2D eigenvalue weighted by atomic mass is 9.66. The van der Waals surface area contributed by atoms with Crippen molar-refractivity contribution in [2.24, 2.45) is 5.92 Å². The van der Waals surface area contributed by atoms with Gasteiger partial charge in [0.25, 0.3) is 0 Å². The third kappa shape index (κ3) is 7.73. The molecule has 1 heterocycles. The summed E-state index contributed by atoms with van der Waals surface area (Å²) in [6, 6.07) is 8.22. The van der Waals surface area contributed by atoms with Gasteiger partial charge >= 0.3 is 6.09 Å². The van der Waals surface area contributed by atoms with Gasteiger partial charge in [0.1, 0.15) is 40.8 Å². The fourth-order valence-electron chi connectivity index (χ4n) is 5.54. The van der Waals surface area contributed by atoms with Gasteiger partial charge in [-0.3, -0.25) is 10.1 Å². The Kier molecular flexibility index (Phi) is 10.6. The van der Waals surface area contributed by atoms with E-state index in [9.17, 15) is 14.7 Å². The molecule has 1 saturated heterocycles. The van der Waals surface area contributed by atoms with Crippen molar-refractivity contribution in [2.45, 2.75) is 75.3 Å². The number of methoxy groups -OCH3 is 1. The summed E-state index contributed by atoms with van der Waals surface area (Å²) in [5.74, 6) is 0.0000360. The fourth-order valence-corrected chi connectivity index (χ4v) is 8.08. The van der Waals surface area contributed by atoms with Crippen molar-refractivity contribution >= 4 is 50.4 Å². The van der Waals surface area contributed by atoms with Gasteiger partial charge in [-0.05, 0) is 63.1 Å². The number of alkyl halides is 1. The minimum absolute atomic E-state index is 0.0781. The van der Waals surface area contributed by atoms with Crippen LogP contribution in [0.25, 0.3) is 0 Å². The summed E-state index contributed by atoms with van der Waals surface area (Å²) in [6.07, 6.45) is 3.65. The van der Waals surface area contributed by atoms with Crippen molar-refractivity contribution in [3.8, 4) is 0 Å². The molecule has 1 aromatic carbocycles. The van der Waals surface area contributed by atoms with E-state index in [4.69, 9.17) is 25.8 Å². The van der Waals surface area contributed by atoms with Crippen LogP contribution >= 0.6 is 27.5 Å². The van der Waals surface area contributed by atoms with E-state index in [2.05, 4.69) is 45.7 Å². The maximum absolute atomic E-state index is 12.4. The van der Waals surface area contributed by atoms with Crippen molar-refractivity contribution in [1.82, 2.24) is 5.32 Å². The van der Waals surface area contributed by atoms with E-state index in [-0.39, 0.29) is 22.9 Å².